The zero-order valence-electron chi connectivity index (χ0n) is 14.2. The van der Waals surface area contributed by atoms with Gasteiger partial charge < -0.3 is 14.7 Å². The van der Waals surface area contributed by atoms with E-state index >= 15 is 0 Å². The summed E-state index contributed by atoms with van der Waals surface area (Å²) in [5.74, 6) is -0.372. The Bertz CT molecular complexity index is 777. The minimum Gasteiger partial charge on any atom is -0.508 e. The summed E-state index contributed by atoms with van der Waals surface area (Å²) in [7, 11) is 0. The molecule has 0 aromatic heterocycles. The van der Waals surface area contributed by atoms with Crippen LogP contribution in [0.25, 0.3) is 0 Å². The molecule has 1 N–H and O–H groups in total. The number of aromatic hydroxyl groups is 1. The lowest BCUT2D eigenvalue weighted by atomic mass is 10.1. The van der Waals surface area contributed by atoms with Crippen LogP contribution in [-0.4, -0.2) is 35.0 Å². The molecule has 0 spiro atoms. The molecular formula is C20H21NO4. The van der Waals surface area contributed by atoms with Crippen LogP contribution in [0.2, 0.25) is 0 Å². The molecule has 0 saturated carbocycles. The van der Waals surface area contributed by atoms with Crippen molar-refractivity contribution in [1.82, 2.24) is 4.90 Å². The number of esters is 1. The fourth-order valence-corrected chi connectivity index (χ4v) is 2.81. The number of hydrogen-bond donors (Lipinski definition) is 1. The predicted molar refractivity (Wildman–Crippen MR) is 93.5 cm³/mol. The van der Waals surface area contributed by atoms with Gasteiger partial charge in [0.2, 0.25) is 0 Å². The number of phenolic OH excluding ortho intramolecular Hbond substituents is 1. The summed E-state index contributed by atoms with van der Waals surface area (Å²) in [6, 6.07) is 11.8. The van der Waals surface area contributed by atoms with Gasteiger partial charge in [-0.1, -0.05) is 18.2 Å². The van der Waals surface area contributed by atoms with Crippen molar-refractivity contribution in [2.45, 2.75) is 26.4 Å². The molecule has 5 heteroatoms. The van der Waals surface area contributed by atoms with Gasteiger partial charge in [-0.05, 0) is 55.2 Å². The Morgan fingerprint density at radius 3 is 2.32 bits per heavy atom. The quantitative estimate of drug-likeness (QED) is 0.868. The summed E-state index contributed by atoms with van der Waals surface area (Å²) < 4.78 is 5.26. The van der Waals surface area contributed by atoms with Crippen molar-refractivity contribution < 1.29 is 19.4 Å². The van der Waals surface area contributed by atoms with Gasteiger partial charge in [0.15, 0.2) is 0 Å². The Kier molecular flexibility index (Phi) is 5.03. The molecule has 130 valence electrons. The number of hydrogen-bond acceptors (Lipinski definition) is 4. The molecule has 0 bridgehead atoms. The van der Waals surface area contributed by atoms with Crippen molar-refractivity contribution in [2.24, 2.45) is 0 Å². The number of benzene rings is 2. The Morgan fingerprint density at radius 2 is 1.68 bits per heavy atom. The van der Waals surface area contributed by atoms with Crippen LogP contribution in [-0.2, 0) is 11.3 Å². The molecule has 0 atom stereocenters. The van der Waals surface area contributed by atoms with Gasteiger partial charge in [-0.15, -0.1) is 0 Å². The summed E-state index contributed by atoms with van der Waals surface area (Å²) in [4.78, 5) is 26.2. The predicted octanol–water partition coefficient (Wildman–Crippen LogP) is 3.29. The largest absolute Gasteiger partial charge is 0.508 e. The topological polar surface area (TPSA) is 66.8 Å². The molecule has 1 aliphatic rings. The highest BCUT2D eigenvalue weighted by molar-refractivity contribution is 5.94. The molecule has 25 heavy (non-hydrogen) atoms. The van der Waals surface area contributed by atoms with E-state index in [9.17, 15) is 14.7 Å². The monoisotopic (exact) mass is 339 g/mol. The van der Waals surface area contributed by atoms with E-state index in [4.69, 9.17) is 4.74 Å². The van der Waals surface area contributed by atoms with Crippen LogP contribution in [0.5, 0.6) is 5.75 Å². The van der Waals surface area contributed by atoms with Gasteiger partial charge in [-0.25, -0.2) is 4.79 Å². The first-order valence-corrected chi connectivity index (χ1v) is 8.39. The highest BCUT2D eigenvalue weighted by Crippen LogP contribution is 2.19. The van der Waals surface area contributed by atoms with Gasteiger partial charge in [0.1, 0.15) is 12.4 Å². The third-order valence-corrected chi connectivity index (χ3v) is 4.41. The molecular weight excluding hydrogens is 318 g/mol. The van der Waals surface area contributed by atoms with Crippen molar-refractivity contribution in [1.29, 1.82) is 0 Å². The van der Waals surface area contributed by atoms with Crippen LogP contribution < -0.4 is 0 Å². The van der Waals surface area contributed by atoms with Gasteiger partial charge in [-0.3, -0.25) is 4.79 Å². The summed E-state index contributed by atoms with van der Waals surface area (Å²) in [6.07, 6.45) is 2.13. The number of nitrogens with zero attached hydrogens (tertiary/aromatic N) is 1. The smallest absolute Gasteiger partial charge is 0.338 e. The zero-order chi connectivity index (χ0) is 17.8. The van der Waals surface area contributed by atoms with Crippen LogP contribution in [0.4, 0.5) is 0 Å². The fraction of sp³-hybridized carbons (Fsp3) is 0.300. The molecule has 1 saturated heterocycles. The lowest BCUT2D eigenvalue weighted by molar-refractivity contribution is 0.0472. The summed E-state index contributed by atoms with van der Waals surface area (Å²) in [5, 5.41) is 9.66. The first-order valence-electron chi connectivity index (χ1n) is 8.39. The maximum absolute atomic E-state index is 12.3. The van der Waals surface area contributed by atoms with E-state index in [0.717, 1.165) is 31.5 Å². The lowest BCUT2D eigenvalue weighted by Crippen LogP contribution is -2.27. The molecule has 0 radical (unpaired) electrons. The third-order valence-electron chi connectivity index (χ3n) is 4.41. The molecule has 2 aromatic carbocycles. The number of carbonyl (C=O) groups is 2. The minimum absolute atomic E-state index is 0.0520. The maximum Gasteiger partial charge on any atom is 0.338 e. The summed E-state index contributed by atoms with van der Waals surface area (Å²) >= 11 is 0. The number of carbonyl (C=O) groups excluding carboxylic acids is 2. The Morgan fingerprint density at radius 1 is 1.04 bits per heavy atom. The second-order valence-electron chi connectivity index (χ2n) is 6.27. The second kappa shape index (κ2) is 7.38. The second-order valence-corrected chi connectivity index (χ2v) is 6.27. The number of aryl methyl sites for hydroxylation is 1. The Hall–Kier alpha value is -2.82. The first-order chi connectivity index (χ1) is 12.0. The molecule has 0 aliphatic carbocycles. The lowest BCUT2D eigenvalue weighted by Gasteiger charge is -2.15. The normalized spacial score (nSPS) is 13.7. The van der Waals surface area contributed by atoms with Crippen molar-refractivity contribution in [3.63, 3.8) is 0 Å². The van der Waals surface area contributed by atoms with Crippen molar-refractivity contribution in [3.8, 4) is 5.75 Å². The number of ether oxygens (including phenoxy) is 1. The molecule has 2 aromatic rings. The van der Waals surface area contributed by atoms with E-state index in [1.807, 2.05) is 4.90 Å². The van der Waals surface area contributed by atoms with Crippen molar-refractivity contribution in [3.05, 3.63) is 64.7 Å². The minimum atomic E-state index is -0.493. The average Bonchev–Trinajstić information content (AvgIpc) is 3.16. The molecule has 3 rings (SSSR count). The van der Waals surface area contributed by atoms with E-state index in [-0.39, 0.29) is 18.3 Å². The fourth-order valence-electron chi connectivity index (χ4n) is 2.81. The van der Waals surface area contributed by atoms with Gasteiger partial charge in [0, 0.05) is 18.7 Å². The van der Waals surface area contributed by atoms with E-state index in [2.05, 4.69) is 0 Å². The average molecular weight is 339 g/mol. The third kappa shape index (κ3) is 3.99. The van der Waals surface area contributed by atoms with Gasteiger partial charge >= 0.3 is 5.97 Å². The van der Waals surface area contributed by atoms with Gasteiger partial charge in [-0.2, -0.15) is 0 Å². The van der Waals surface area contributed by atoms with Crippen LogP contribution in [0, 0.1) is 6.92 Å². The number of phenols is 1. The number of rotatable bonds is 4. The van der Waals surface area contributed by atoms with Gasteiger partial charge in [0.05, 0.1) is 5.56 Å². The number of likely N-dealkylation sites (tertiary alicyclic amines) is 1. The van der Waals surface area contributed by atoms with E-state index in [1.54, 1.807) is 43.3 Å². The molecule has 5 nitrogen and oxygen atoms in total. The van der Waals surface area contributed by atoms with E-state index in [0.29, 0.717) is 16.7 Å². The summed E-state index contributed by atoms with van der Waals surface area (Å²) in [6.45, 7) is 3.52. The molecule has 1 amide bonds. The Labute approximate surface area is 146 Å². The van der Waals surface area contributed by atoms with Gasteiger partial charge in [0.25, 0.3) is 5.91 Å². The Balaban J connectivity index is 1.58. The standard InChI is InChI=1S/C20H21NO4/c1-14-4-7-17(12-18(14)22)20(24)25-13-15-5-8-16(9-6-15)19(23)21-10-2-3-11-21/h4-9,12,22H,2-3,10-11,13H2,1H3. The molecule has 0 unspecified atom stereocenters. The maximum atomic E-state index is 12.3. The van der Waals surface area contributed by atoms with E-state index < -0.39 is 5.97 Å². The van der Waals surface area contributed by atoms with Crippen LogP contribution in [0.3, 0.4) is 0 Å². The zero-order valence-corrected chi connectivity index (χ0v) is 14.2. The highest BCUT2D eigenvalue weighted by Gasteiger charge is 2.19. The molecule has 1 heterocycles. The van der Waals surface area contributed by atoms with Crippen molar-refractivity contribution in [2.75, 3.05) is 13.1 Å². The highest BCUT2D eigenvalue weighted by atomic mass is 16.5. The summed E-state index contributed by atoms with van der Waals surface area (Å²) in [5.41, 5.74) is 2.47. The van der Waals surface area contributed by atoms with E-state index in [1.165, 1.54) is 6.07 Å². The van der Waals surface area contributed by atoms with Crippen molar-refractivity contribution >= 4 is 11.9 Å². The SMILES string of the molecule is Cc1ccc(C(=O)OCc2ccc(C(=O)N3CCCC3)cc2)cc1O. The van der Waals surface area contributed by atoms with Crippen LogP contribution >= 0.6 is 0 Å². The first kappa shape index (κ1) is 17.0. The van der Waals surface area contributed by atoms with Crippen LogP contribution in [0.1, 0.15) is 44.7 Å². The molecule has 1 fully saturated rings. The number of amides is 1. The van der Waals surface area contributed by atoms with Crippen LogP contribution in [0.15, 0.2) is 42.5 Å². The molecule has 1 aliphatic heterocycles.